The van der Waals surface area contributed by atoms with E-state index in [9.17, 15) is 4.79 Å². The van der Waals surface area contributed by atoms with Crippen LogP contribution >= 0.6 is 11.3 Å². The molecule has 0 atom stereocenters. The summed E-state index contributed by atoms with van der Waals surface area (Å²) in [6.45, 7) is 2.37. The molecule has 1 N–H and O–H groups in total. The van der Waals surface area contributed by atoms with Gasteiger partial charge in [-0.2, -0.15) is 0 Å². The molecule has 0 saturated carbocycles. The SMILES string of the molecule is Cc1nc(-c2cccnc2)sc1C(=O)NCc1ccccc1. The predicted molar refractivity (Wildman–Crippen MR) is 87.7 cm³/mol. The number of nitrogens with zero attached hydrogens (tertiary/aromatic N) is 2. The lowest BCUT2D eigenvalue weighted by atomic mass is 10.2. The van der Waals surface area contributed by atoms with E-state index in [0.29, 0.717) is 11.4 Å². The Morgan fingerprint density at radius 2 is 2.00 bits per heavy atom. The number of aromatic nitrogens is 2. The largest absolute Gasteiger partial charge is 0.347 e. The molecule has 0 bridgehead atoms. The van der Waals surface area contributed by atoms with Gasteiger partial charge in [0.25, 0.3) is 5.91 Å². The van der Waals surface area contributed by atoms with Gasteiger partial charge in [0.05, 0.1) is 5.69 Å². The Hall–Kier alpha value is -2.53. The molecule has 2 aromatic heterocycles. The molecule has 0 spiro atoms. The fraction of sp³-hybridized carbons (Fsp3) is 0.118. The Morgan fingerprint density at radius 1 is 1.18 bits per heavy atom. The first-order chi connectivity index (χ1) is 10.7. The minimum atomic E-state index is -0.0889. The molecule has 0 aliphatic heterocycles. The van der Waals surface area contributed by atoms with Crippen molar-refractivity contribution in [2.75, 3.05) is 0 Å². The number of hydrogen-bond donors (Lipinski definition) is 1. The van der Waals surface area contributed by atoms with Gasteiger partial charge in [-0.05, 0) is 24.6 Å². The monoisotopic (exact) mass is 309 g/mol. The van der Waals surface area contributed by atoms with Crippen LogP contribution in [0.25, 0.3) is 10.6 Å². The quantitative estimate of drug-likeness (QED) is 0.803. The van der Waals surface area contributed by atoms with Crippen molar-refractivity contribution in [1.29, 1.82) is 0 Å². The molecular weight excluding hydrogens is 294 g/mol. The zero-order valence-electron chi connectivity index (χ0n) is 12.1. The molecule has 3 aromatic rings. The molecule has 0 fully saturated rings. The molecule has 4 nitrogen and oxygen atoms in total. The van der Waals surface area contributed by atoms with Gasteiger partial charge in [-0.3, -0.25) is 9.78 Å². The number of rotatable bonds is 4. The van der Waals surface area contributed by atoms with Gasteiger partial charge < -0.3 is 5.32 Å². The van der Waals surface area contributed by atoms with E-state index in [1.165, 1.54) is 11.3 Å². The number of aryl methyl sites for hydroxylation is 1. The molecule has 0 unspecified atom stereocenters. The Morgan fingerprint density at radius 3 is 2.73 bits per heavy atom. The van der Waals surface area contributed by atoms with Crippen LogP contribution in [-0.2, 0) is 6.54 Å². The van der Waals surface area contributed by atoms with Crippen LogP contribution in [0.5, 0.6) is 0 Å². The van der Waals surface area contributed by atoms with Crippen molar-refractivity contribution in [3.8, 4) is 10.6 Å². The molecule has 5 heteroatoms. The maximum Gasteiger partial charge on any atom is 0.263 e. The van der Waals surface area contributed by atoms with Crippen LogP contribution in [-0.4, -0.2) is 15.9 Å². The minimum absolute atomic E-state index is 0.0889. The fourth-order valence-electron chi connectivity index (χ4n) is 2.08. The summed E-state index contributed by atoms with van der Waals surface area (Å²) in [5, 5.41) is 3.75. The zero-order chi connectivity index (χ0) is 15.4. The number of benzene rings is 1. The number of carbonyl (C=O) groups is 1. The van der Waals surface area contributed by atoms with Gasteiger partial charge in [0.2, 0.25) is 0 Å². The maximum absolute atomic E-state index is 12.3. The number of pyridine rings is 1. The molecule has 0 aliphatic rings. The van der Waals surface area contributed by atoms with E-state index >= 15 is 0 Å². The molecule has 0 aliphatic carbocycles. The first kappa shape index (κ1) is 14.4. The predicted octanol–water partition coefficient (Wildman–Crippen LogP) is 3.44. The highest BCUT2D eigenvalue weighted by Gasteiger charge is 2.15. The van der Waals surface area contributed by atoms with Crippen LogP contribution in [0.3, 0.4) is 0 Å². The van der Waals surface area contributed by atoms with Crippen molar-refractivity contribution in [1.82, 2.24) is 15.3 Å². The lowest BCUT2D eigenvalue weighted by Gasteiger charge is -2.03. The van der Waals surface area contributed by atoms with Crippen LogP contribution in [0.4, 0.5) is 0 Å². The molecule has 3 rings (SSSR count). The van der Waals surface area contributed by atoms with Crippen molar-refractivity contribution in [2.45, 2.75) is 13.5 Å². The van der Waals surface area contributed by atoms with Gasteiger partial charge in [0.1, 0.15) is 9.88 Å². The average Bonchev–Trinajstić information content (AvgIpc) is 2.96. The van der Waals surface area contributed by atoms with E-state index in [2.05, 4.69) is 15.3 Å². The highest BCUT2D eigenvalue weighted by molar-refractivity contribution is 7.17. The Bertz CT molecular complexity index is 769. The number of hydrogen-bond acceptors (Lipinski definition) is 4. The lowest BCUT2D eigenvalue weighted by molar-refractivity contribution is 0.0954. The fourth-order valence-corrected chi connectivity index (χ4v) is 3.05. The Kier molecular flexibility index (Phi) is 4.25. The summed E-state index contributed by atoms with van der Waals surface area (Å²) >= 11 is 1.39. The van der Waals surface area contributed by atoms with Crippen LogP contribution in [0, 0.1) is 6.92 Å². The first-order valence-electron chi connectivity index (χ1n) is 6.94. The lowest BCUT2D eigenvalue weighted by Crippen LogP contribution is -2.22. The minimum Gasteiger partial charge on any atom is -0.347 e. The Labute approximate surface area is 132 Å². The van der Waals surface area contributed by atoms with Gasteiger partial charge in [-0.25, -0.2) is 4.98 Å². The standard InChI is InChI=1S/C17H15N3OS/c1-12-15(16(21)19-10-13-6-3-2-4-7-13)22-17(20-12)14-8-5-9-18-11-14/h2-9,11H,10H2,1H3,(H,19,21). The normalized spacial score (nSPS) is 10.4. The van der Waals surface area contributed by atoms with Crippen LogP contribution in [0.1, 0.15) is 20.9 Å². The molecule has 110 valence electrons. The van der Waals surface area contributed by atoms with E-state index in [0.717, 1.165) is 21.8 Å². The summed E-state index contributed by atoms with van der Waals surface area (Å²) in [5.74, 6) is -0.0889. The van der Waals surface area contributed by atoms with Gasteiger partial charge in [0.15, 0.2) is 0 Å². The molecule has 22 heavy (non-hydrogen) atoms. The number of amides is 1. The highest BCUT2D eigenvalue weighted by Crippen LogP contribution is 2.27. The highest BCUT2D eigenvalue weighted by atomic mass is 32.1. The zero-order valence-corrected chi connectivity index (χ0v) is 12.9. The van der Waals surface area contributed by atoms with E-state index in [1.807, 2.05) is 49.4 Å². The summed E-state index contributed by atoms with van der Waals surface area (Å²) < 4.78 is 0. The van der Waals surface area contributed by atoms with Crippen molar-refractivity contribution < 1.29 is 4.79 Å². The summed E-state index contributed by atoms with van der Waals surface area (Å²) in [6, 6.07) is 13.7. The summed E-state index contributed by atoms with van der Waals surface area (Å²) in [6.07, 6.45) is 3.47. The van der Waals surface area contributed by atoms with Crippen molar-refractivity contribution in [2.24, 2.45) is 0 Å². The topological polar surface area (TPSA) is 54.9 Å². The average molecular weight is 309 g/mol. The summed E-state index contributed by atoms with van der Waals surface area (Å²) in [4.78, 5) is 21.5. The van der Waals surface area contributed by atoms with Crippen LogP contribution in [0.15, 0.2) is 54.9 Å². The molecule has 0 saturated heterocycles. The van der Waals surface area contributed by atoms with Gasteiger partial charge in [-0.15, -0.1) is 11.3 Å². The van der Waals surface area contributed by atoms with Gasteiger partial charge >= 0.3 is 0 Å². The second kappa shape index (κ2) is 6.49. The number of nitrogens with one attached hydrogen (secondary N) is 1. The summed E-state index contributed by atoms with van der Waals surface area (Å²) in [5.41, 5.74) is 2.75. The van der Waals surface area contributed by atoms with E-state index < -0.39 is 0 Å². The van der Waals surface area contributed by atoms with E-state index in [1.54, 1.807) is 12.4 Å². The third-order valence-corrected chi connectivity index (χ3v) is 4.41. The van der Waals surface area contributed by atoms with Crippen molar-refractivity contribution >= 4 is 17.2 Å². The van der Waals surface area contributed by atoms with E-state index in [4.69, 9.17) is 0 Å². The van der Waals surface area contributed by atoms with Crippen molar-refractivity contribution in [3.63, 3.8) is 0 Å². The van der Waals surface area contributed by atoms with Gasteiger partial charge in [-0.1, -0.05) is 30.3 Å². The number of thiazole rings is 1. The molecule has 0 radical (unpaired) electrons. The maximum atomic E-state index is 12.3. The van der Waals surface area contributed by atoms with Crippen LogP contribution in [0.2, 0.25) is 0 Å². The second-order valence-corrected chi connectivity index (χ2v) is 5.84. The van der Waals surface area contributed by atoms with Gasteiger partial charge in [0, 0.05) is 24.5 Å². The molecule has 2 heterocycles. The first-order valence-corrected chi connectivity index (χ1v) is 7.75. The van der Waals surface area contributed by atoms with E-state index in [-0.39, 0.29) is 5.91 Å². The molecular formula is C17H15N3OS. The third kappa shape index (κ3) is 3.20. The number of carbonyl (C=O) groups excluding carboxylic acids is 1. The van der Waals surface area contributed by atoms with Crippen molar-refractivity contribution in [3.05, 3.63) is 71.0 Å². The Balaban J connectivity index is 1.74. The van der Waals surface area contributed by atoms with Crippen LogP contribution < -0.4 is 5.32 Å². The smallest absolute Gasteiger partial charge is 0.263 e. The molecule has 1 amide bonds. The second-order valence-electron chi connectivity index (χ2n) is 4.84. The third-order valence-electron chi connectivity index (χ3n) is 3.21. The molecule has 1 aromatic carbocycles. The summed E-state index contributed by atoms with van der Waals surface area (Å²) in [7, 11) is 0.